The van der Waals surface area contributed by atoms with Crippen molar-refractivity contribution >= 4 is 5.91 Å². The first-order valence-corrected chi connectivity index (χ1v) is 8.01. The molecule has 0 spiro atoms. The molecule has 1 atom stereocenters. The highest BCUT2D eigenvalue weighted by molar-refractivity contribution is 5.85. The maximum atomic E-state index is 12.8. The van der Waals surface area contributed by atoms with E-state index in [0.717, 1.165) is 30.8 Å². The Bertz CT molecular complexity index is 510. The molecule has 1 unspecified atom stereocenters. The normalized spacial score (nSPS) is 18.0. The van der Waals surface area contributed by atoms with Gasteiger partial charge >= 0.3 is 0 Å². The van der Waals surface area contributed by atoms with Gasteiger partial charge in [0.2, 0.25) is 5.91 Å². The molecular weight excluding hydrogens is 278 g/mol. The number of carbonyl (C=O) groups excluding carboxylic acids is 1. The van der Waals surface area contributed by atoms with Crippen molar-refractivity contribution in [1.82, 2.24) is 15.2 Å². The molecule has 122 valence electrons. The van der Waals surface area contributed by atoms with Crippen molar-refractivity contribution in [1.29, 1.82) is 0 Å². The highest BCUT2D eigenvalue weighted by Crippen LogP contribution is 2.20. The lowest BCUT2D eigenvalue weighted by Crippen LogP contribution is -2.58. The molecule has 1 saturated heterocycles. The monoisotopic (exact) mass is 305 g/mol. The summed E-state index contributed by atoms with van der Waals surface area (Å²) in [6.45, 7) is 11.0. The Hall–Kier alpha value is -1.46. The lowest BCUT2D eigenvalue weighted by molar-refractivity contribution is -0.135. The SMILES string of the molecule is CCC(NC(=O)C(C)(C)N1CCOCC1)c1cc(C)ccn1. The zero-order valence-electron chi connectivity index (χ0n) is 14.1. The Morgan fingerprint density at radius 3 is 2.73 bits per heavy atom. The quantitative estimate of drug-likeness (QED) is 0.905. The van der Waals surface area contributed by atoms with Gasteiger partial charge in [0, 0.05) is 19.3 Å². The number of hydrogen-bond acceptors (Lipinski definition) is 4. The number of hydrogen-bond donors (Lipinski definition) is 1. The van der Waals surface area contributed by atoms with Gasteiger partial charge in [0.25, 0.3) is 0 Å². The van der Waals surface area contributed by atoms with Crippen molar-refractivity contribution in [3.05, 3.63) is 29.6 Å². The van der Waals surface area contributed by atoms with Gasteiger partial charge in [-0.2, -0.15) is 0 Å². The molecule has 5 heteroatoms. The summed E-state index contributed by atoms with van der Waals surface area (Å²) >= 11 is 0. The Balaban J connectivity index is 2.08. The number of ether oxygens (including phenoxy) is 1. The van der Waals surface area contributed by atoms with E-state index in [1.807, 2.05) is 32.9 Å². The summed E-state index contributed by atoms with van der Waals surface area (Å²) in [5, 5.41) is 3.16. The first kappa shape index (κ1) is 16.9. The molecule has 1 amide bonds. The average molecular weight is 305 g/mol. The van der Waals surface area contributed by atoms with Crippen molar-refractivity contribution < 1.29 is 9.53 Å². The third kappa shape index (κ3) is 3.84. The molecular formula is C17H27N3O2. The van der Waals surface area contributed by atoms with Crippen LogP contribution in [0.4, 0.5) is 0 Å². The van der Waals surface area contributed by atoms with E-state index in [0.29, 0.717) is 13.2 Å². The second-order valence-corrected chi connectivity index (χ2v) is 6.35. The van der Waals surface area contributed by atoms with Gasteiger partial charge in [0.05, 0.1) is 30.5 Å². The number of morpholine rings is 1. The Morgan fingerprint density at radius 2 is 2.14 bits per heavy atom. The highest BCUT2D eigenvalue weighted by Gasteiger charge is 2.36. The minimum atomic E-state index is -0.541. The van der Waals surface area contributed by atoms with Gasteiger partial charge in [-0.3, -0.25) is 14.7 Å². The summed E-state index contributed by atoms with van der Waals surface area (Å²) in [7, 11) is 0. The number of nitrogens with zero attached hydrogens (tertiary/aromatic N) is 2. The van der Waals surface area contributed by atoms with Crippen LogP contribution in [0.5, 0.6) is 0 Å². The van der Waals surface area contributed by atoms with Gasteiger partial charge in [-0.25, -0.2) is 0 Å². The molecule has 1 aliphatic heterocycles. The number of carbonyl (C=O) groups is 1. The highest BCUT2D eigenvalue weighted by atomic mass is 16.5. The van der Waals surface area contributed by atoms with Gasteiger partial charge in [0.15, 0.2) is 0 Å². The van der Waals surface area contributed by atoms with Crippen molar-refractivity contribution in [2.75, 3.05) is 26.3 Å². The molecule has 0 radical (unpaired) electrons. The van der Waals surface area contributed by atoms with Crippen molar-refractivity contribution in [3.63, 3.8) is 0 Å². The minimum Gasteiger partial charge on any atom is -0.379 e. The van der Waals surface area contributed by atoms with Gasteiger partial charge < -0.3 is 10.1 Å². The van der Waals surface area contributed by atoms with Crippen LogP contribution in [0.25, 0.3) is 0 Å². The molecule has 22 heavy (non-hydrogen) atoms. The molecule has 0 saturated carbocycles. The fraction of sp³-hybridized carbons (Fsp3) is 0.647. The maximum absolute atomic E-state index is 12.8. The number of rotatable bonds is 5. The van der Waals surface area contributed by atoms with Crippen LogP contribution in [-0.2, 0) is 9.53 Å². The van der Waals surface area contributed by atoms with E-state index in [1.165, 1.54) is 0 Å². The van der Waals surface area contributed by atoms with Gasteiger partial charge in [-0.15, -0.1) is 0 Å². The van der Waals surface area contributed by atoms with E-state index in [1.54, 1.807) is 6.20 Å². The van der Waals surface area contributed by atoms with Crippen molar-refractivity contribution in [3.8, 4) is 0 Å². The van der Waals surface area contributed by atoms with Crippen LogP contribution in [-0.4, -0.2) is 47.6 Å². The molecule has 1 aliphatic rings. The van der Waals surface area contributed by atoms with Crippen LogP contribution in [0, 0.1) is 6.92 Å². The summed E-state index contributed by atoms with van der Waals surface area (Å²) in [4.78, 5) is 19.4. The molecule has 0 aromatic carbocycles. The fourth-order valence-corrected chi connectivity index (χ4v) is 2.74. The third-order valence-corrected chi connectivity index (χ3v) is 4.36. The van der Waals surface area contributed by atoms with Gasteiger partial charge in [-0.05, 0) is 44.9 Å². The predicted octanol–water partition coefficient (Wildman–Crippen LogP) is 2.07. The van der Waals surface area contributed by atoms with Crippen LogP contribution in [0.1, 0.15) is 44.5 Å². The molecule has 1 aromatic rings. The standard InChI is InChI=1S/C17H27N3O2/c1-5-14(15-12-13(2)6-7-18-15)19-16(21)17(3,4)20-8-10-22-11-9-20/h6-7,12,14H,5,8-11H2,1-4H3,(H,19,21). The number of pyridine rings is 1. The zero-order chi connectivity index (χ0) is 16.2. The number of aromatic nitrogens is 1. The molecule has 1 N–H and O–H groups in total. The predicted molar refractivity (Wildman–Crippen MR) is 86.6 cm³/mol. The van der Waals surface area contributed by atoms with Gasteiger partial charge in [-0.1, -0.05) is 6.92 Å². The first-order chi connectivity index (χ1) is 10.4. The van der Waals surface area contributed by atoms with Crippen LogP contribution < -0.4 is 5.32 Å². The van der Waals surface area contributed by atoms with E-state index >= 15 is 0 Å². The topological polar surface area (TPSA) is 54.5 Å². The largest absolute Gasteiger partial charge is 0.379 e. The molecule has 5 nitrogen and oxygen atoms in total. The van der Waals surface area contributed by atoms with E-state index in [2.05, 4.69) is 22.1 Å². The van der Waals surface area contributed by atoms with Gasteiger partial charge in [0.1, 0.15) is 0 Å². The van der Waals surface area contributed by atoms with E-state index < -0.39 is 5.54 Å². The zero-order valence-corrected chi connectivity index (χ0v) is 14.1. The lowest BCUT2D eigenvalue weighted by atomic mass is 9.99. The van der Waals surface area contributed by atoms with Crippen LogP contribution in [0.3, 0.4) is 0 Å². The van der Waals surface area contributed by atoms with E-state index in [9.17, 15) is 4.79 Å². The molecule has 1 fully saturated rings. The van der Waals surface area contributed by atoms with Crippen molar-refractivity contribution in [2.24, 2.45) is 0 Å². The van der Waals surface area contributed by atoms with Crippen LogP contribution >= 0.6 is 0 Å². The van der Waals surface area contributed by atoms with E-state index in [-0.39, 0.29) is 11.9 Å². The molecule has 0 bridgehead atoms. The summed E-state index contributed by atoms with van der Waals surface area (Å²) in [5.74, 6) is 0.0459. The van der Waals surface area contributed by atoms with E-state index in [4.69, 9.17) is 4.74 Å². The molecule has 1 aromatic heterocycles. The van der Waals surface area contributed by atoms with Crippen LogP contribution in [0.2, 0.25) is 0 Å². The fourth-order valence-electron chi connectivity index (χ4n) is 2.74. The smallest absolute Gasteiger partial charge is 0.240 e. The summed E-state index contributed by atoms with van der Waals surface area (Å²) in [5.41, 5.74) is 1.54. The summed E-state index contributed by atoms with van der Waals surface area (Å²) in [6.07, 6.45) is 2.62. The minimum absolute atomic E-state index is 0.0459. The second-order valence-electron chi connectivity index (χ2n) is 6.35. The molecule has 2 heterocycles. The third-order valence-electron chi connectivity index (χ3n) is 4.36. The maximum Gasteiger partial charge on any atom is 0.240 e. The summed E-state index contributed by atoms with van der Waals surface area (Å²) < 4.78 is 5.38. The average Bonchev–Trinajstić information content (AvgIpc) is 2.53. The number of amides is 1. The number of nitrogens with one attached hydrogen (secondary N) is 1. The second kappa shape index (κ2) is 7.20. The Labute approximate surface area is 133 Å². The lowest BCUT2D eigenvalue weighted by Gasteiger charge is -2.40. The molecule has 0 aliphatic carbocycles. The first-order valence-electron chi connectivity index (χ1n) is 8.01. The van der Waals surface area contributed by atoms with Crippen LogP contribution in [0.15, 0.2) is 18.3 Å². The Morgan fingerprint density at radius 1 is 1.45 bits per heavy atom. The Kier molecular flexibility index (Phi) is 5.53. The molecule has 2 rings (SSSR count). The number of aryl methyl sites for hydroxylation is 1. The summed E-state index contributed by atoms with van der Waals surface area (Å²) in [6, 6.07) is 3.96. The van der Waals surface area contributed by atoms with Crippen molar-refractivity contribution in [2.45, 2.75) is 45.7 Å².